The highest BCUT2D eigenvalue weighted by Crippen LogP contribution is 2.28. The second-order valence-corrected chi connectivity index (χ2v) is 4.96. The molecular weight excluding hydrogens is 261 g/mol. The number of rotatable bonds is 4. The second-order valence-electron chi connectivity index (χ2n) is 4.12. The molecule has 2 rings (SSSR count). The van der Waals surface area contributed by atoms with Crippen LogP contribution in [0.3, 0.4) is 0 Å². The van der Waals surface area contributed by atoms with Gasteiger partial charge in [0.15, 0.2) is 6.10 Å². The first-order valence-electron chi connectivity index (χ1n) is 5.48. The van der Waals surface area contributed by atoms with Crippen LogP contribution in [0.2, 0.25) is 10.0 Å². The van der Waals surface area contributed by atoms with E-state index in [-0.39, 0.29) is 5.91 Å². The summed E-state index contributed by atoms with van der Waals surface area (Å²) in [5.41, 5.74) is 0. The van der Waals surface area contributed by atoms with Crippen LogP contribution in [0.15, 0.2) is 18.2 Å². The van der Waals surface area contributed by atoms with Crippen LogP contribution in [-0.4, -0.2) is 18.1 Å². The van der Waals surface area contributed by atoms with Crippen molar-refractivity contribution in [1.82, 2.24) is 5.32 Å². The minimum atomic E-state index is -0.577. The van der Waals surface area contributed by atoms with E-state index in [9.17, 15) is 4.79 Å². The minimum absolute atomic E-state index is 0.122. The number of hydrogen-bond donors (Lipinski definition) is 1. The Hall–Kier alpha value is -0.930. The minimum Gasteiger partial charge on any atom is -0.479 e. The predicted molar refractivity (Wildman–Crippen MR) is 67.7 cm³/mol. The van der Waals surface area contributed by atoms with Crippen LogP contribution in [0, 0.1) is 0 Å². The fraction of sp³-hybridized carbons (Fsp3) is 0.417. The summed E-state index contributed by atoms with van der Waals surface area (Å²) >= 11 is 11.8. The molecule has 0 radical (unpaired) electrons. The van der Waals surface area contributed by atoms with Crippen molar-refractivity contribution in [2.75, 3.05) is 0 Å². The summed E-state index contributed by atoms with van der Waals surface area (Å²) < 4.78 is 5.49. The molecule has 0 heterocycles. The highest BCUT2D eigenvalue weighted by Gasteiger charge is 2.26. The molecule has 1 aromatic rings. The summed E-state index contributed by atoms with van der Waals surface area (Å²) in [5.74, 6) is 0.307. The molecular formula is C12H13Cl2NO2. The topological polar surface area (TPSA) is 38.3 Å². The molecule has 1 amide bonds. The quantitative estimate of drug-likeness (QED) is 0.916. The summed E-state index contributed by atoms with van der Waals surface area (Å²) in [5, 5.41) is 3.84. The van der Waals surface area contributed by atoms with Crippen LogP contribution in [0.5, 0.6) is 5.75 Å². The lowest BCUT2D eigenvalue weighted by molar-refractivity contribution is -0.127. The zero-order valence-electron chi connectivity index (χ0n) is 9.37. The van der Waals surface area contributed by atoms with Gasteiger partial charge in [-0.25, -0.2) is 0 Å². The Balaban J connectivity index is 1.98. The van der Waals surface area contributed by atoms with Gasteiger partial charge in [-0.15, -0.1) is 0 Å². The number of ether oxygens (including phenoxy) is 1. The summed E-state index contributed by atoms with van der Waals surface area (Å²) in [6, 6.07) is 5.24. The van der Waals surface area contributed by atoms with Gasteiger partial charge < -0.3 is 10.1 Å². The highest BCUT2D eigenvalue weighted by atomic mass is 35.5. The molecule has 1 aromatic carbocycles. The lowest BCUT2D eigenvalue weighted by Crippen LogP contribution is -2.37. The zero-order valence-corrected chi connectivity index (χ0v) is 10.9. The van der Waals surface area contributed by atoms with Crippen LogP contribution >= 0.6 is 23.2 Å². The Morgan fingerprint density at radius 3 is 2.82 bits per heavy atom. The molecule has 3 nitrogen and oxygen atoms in total. The predicted octanol–water partition coefficient (Wildman–Crippen LogP) is 3.04. The molecule has 0 saturated heterocycles. The molecule has 1 aliphatic carbocycles. The van der Waals surface area contributed by atoms with Gasteiger partial charge in [0, 0.05) is 17.1 Å². The van der Waals surface area contributed by atoms with Gasteiger partial charge in [0.25, 0.3) is 5.91 Å². The first kappa shape index (κ1) is 12.5. The van der Waals surface area contributed by atoms with Crippen LogP contribution < -0.4 is 10.1 Å². The SMILES string of the molecule is C[C@@H](Oc1cc(Cl)ccc1Cl)C(=O)NC1CC1. The molecule has 1 atom stereocenters. The van der Waals surface area contributed by atoms with Gasteiger partial charge in [0.2, 0.25) is 0 Å². The van der Waals surface area contributed by atoms with Gasteiger partial charge in [-0.1, -0.05) is 23.2 Å². The molecule has 1 fully saturated rings. The Bertz CT molecular complexity index is 433. The van der Waals surface area contributed by atoms with Gasteiger partial charge in [0.1, 0.15) is 5.75 Å². The van der Waals surface area contributed by atoms with E-state index in [1.165, 1.54) is 0 Å². The number of hydrogen-bond acceptors (Lipinski definition) is 2. The number of amides is 1. The fourth-order valence-electron chi connectivity index (χ4n) is 1.36. The van der Waals surface area contributed by atoms with E-state index in [1.54, 1.807) is 25.1 Å². The van der Waals surface area contributed by atoms with Crippen molar-refractivity contribution >= 4 is 29.1 Å². The molecule has 0 spiro atoms. The van der Waals surface area contributed by atoms with Crippen LogP contribution in [0.25, 0.3) is 0 Å². The maximum absolute atomic E-state index is 11.7. The van der Waals surface area contributed by atoms with Crippen LogP contribution in [-0.2, 0) is 4.79 Å². The monoisotopic (exact) mass is 273 g/mol. The molecule has 5 heteroatoms. The second kappa shape index (κ2) is 5.15. The number of carbonyl (C=O) groups is 1. The molecule has 1 aliphatic rings. The van der Waals surface area contributed by atoms with Crippen LogP contribution in [0.4, 0.5) is 0 Å². The van der Waals surface area contributed by atoms with E-state index in [2.05, 4.69) is 5.32 Å². The third kappa shape index (κ3) is 3.51. The first-order chi connectivity index (χ1) is 8.06. The summed E-state index contributed by atoms with van der Waals surface area (Å²) in [7, 11) is 0. The maximum atomic E-state index is 11.7. The van der Waals surface area contributed by atoms with Gasteiger partial charge in [-0.2, -0.15) is 0 Å². The number of carbonyl (C=O) groups excluding carboxylic acids is 1. The van der Waals surface area contributed by atoms with Crippen molar-refractivity contribution in [2.24, 2.45) is 0 Å². The fourth-order valence-corrected chi connectivity index (χ4v) is 1.68. The first-order valence-corrected chi connectivity index (χ1v) is 6.24. The van der Waals surface area contributed by atoms with E-state index in [0.717, 1.165) is 12.8 Å². The van der Waals surface area contributed by atoms with E-state index in [4.69, 9.17) is 27.9 Å². The highest BCUT2D eigenvalue weighted by molar-refractivity contribution is 6.34. The van der Waals surface area contributed by atoms with Crippen LogP contribution in [0.1, 0.15) is 19.8 Å². The molecule has 0 aliphatic heterocycles. The molecule has 92 valence electrons. The number of benzene rings is 1. The third-order valence-electron chi connectivity index (χ3n) is 2.49. The molecule has 17 heavy (non-hydrogen) atoms. The molecule has 0 unspecified atom stereocenters. The standard InChI is InChI=1S/C12H13Cl2NO2/c1-7(12(16)15-9-3-4-9)17-11-6-8(13)2-5-10(11)14/h2,5-7,9H,3-4H2,1H3,(H,15,16)/t7-/m1/s1. The van der Waals surface area contributed by atoms with Crippen molar-refractivity contribution in [2.45, 2.75) is 31.9 Å². The molecule has 0 bridgehead atoms. The molecule has 0 aromatic heterocycles. The van der Waals surface area contributed by atoms with Gasteiger partial charge in [0.05, 0.1) is 5.02 Å². The lowest BCUT2D eigenvalue weighted by atomic mass is 10.3. The van der Waals surface area contributed by atoms with Crippen molar-refractivity contribution in [3.05, 3.63) is 28.2 Å². The Morgan fingerprint density at radius 2 is 2.18 bits per heavy atom. The van der Waals surface area contributed by atoms with E-state index in [1.807, 2.05) is 0 Å². The van der Waals surface area contributed by atoms with Gasteiger partial charge >= 0.3 is 0 Å². The van der Waals surface area contributed by atoms with Gasteiger partial charge in [-0.3, -0.25) is 4.79 Å². The third-order valence-corrected chi connectivity index (χ3v) is 3.04. The summed E-state index contributed by atoms with van der Waals surface area (Å²) in [6.07, 6.45) is 1.53. The smallest absolute Gasteiger partial charge is 0.260 e. The maximum Gasteiger partial charge on any atom is 0.260 e. The largest absolute Gasteiger partial charge is 0.479 e. The van der Waals surface area contributed by atoms with Gasteiger partial charge in [-0.05, 0) is 31.9 Å². The Labute approximate surface area is 110 Å². The van der Waals surface area contributed by atoms with E-state index in [0.29, 0.717) is 21.8 Å². The van der Waals surface area contributed by atoms with Crippen molar-refractivity contribution < 1.29 is 9.53 Å². The van der Waals surface area contributed by atoms with Crippen molar-refractivity contribution in [1.29, 1.82) is 0 Å². The number of halogens is 2. The molecule has 1 saturated carbocycles. The van der Waals surface area contributed by atoms with Crippen molar-refractivity contribution in [3.8, 4) is 5.75 Å². The average Bonchev–Trinajstić information content (AvgIpc) is 3.07. The number of nitrogens with one attached hydrogen (secondary N) is 1. The summed E-state index contributed by atoms with van der Waals surface area (Å²) in [6.45, 7) is 1.69. The Kier molecular flexibility index (Phi) is 3.79. The van der Waals surface area contributed by atoms with E-state index < -0.39 is 6.10 Å². The Morgan fingerprint density at radius 1 is 1.47 bits per heavy atom. The normalized spacial score (nSPS) is 16.4. The summed E-state index contributed by atoms with van der Waals surface area (Å²) in [4.78, 5) is 11.7. The van der Waals surface area contributed by atoms with Crippen molar-refractivity contribution in [3.63, 3.8) is 0 Å². The molecule has 1 N–H and O–H groups in total. The lowest BCUT2D eigenvalue weighted by Gasteiger charge is -2.15. The zero-order chi connectivity index (χ0) is 12.4. The average molecular weight is 274 g/mol. The van der Waals surface area contributed by atoms with E-state index >= 15 is 0 Å².